The minimum absolute atomic E-state index is 0.144. The van der Waals surface area contributed by atoms with E-state index in [1.165, 1.54) is 28.6 Å². The summed E-state index contributed by atoms with van der Waals surface area (Å²) in [5.41, 5.74) is 5.82. The lowest BCUT2D eigenvalue weighted by Crippen LogP contribution is -2.41. The number of nitrogens with zero attached hydrogens (tertiary/aromatic N) is 2. The van der Waals surface area contributed by atoms with E-state index < -0.39 is 21.8 Å². The summed E-state index contributed by atoms with van der Waals surface area (Å²) in [5, 5.41) is 7.42. The molecule has 10 heteroatoms. The SMILES string of the molecule is O=C(NNC(=O)c1cccc2cn[nH]c12)c1ccc(S(=O)(=O)N2CCCC2)cc1. The minimum atomic E-state index is -3.54. The number of nitrogens with one attached hydrogen (secondary N) is 3. The normalized spacial score (nSPS) is 14.8. The predicted octanol–water partition coefficient (Wildman–Crippen LogP) is 1.42. The van der Waals surface area contributed by atoms with Crippen molar-refractivity contribution in [3.05, 3.63) is 59.8 Å². The first-order chi connectivity index (χ1) is 14.0. The second-order valence-electron chi connectivity index (χ2n) is 6.68. The molecule has 1 fully saturated rings. The zero-order chi connectivity index (χ0) is 20.4. The van der Waals surface area contributed by atoms with Crippen LogP contribution in [0, 0.1) is 0 Å². The van der Waals surface area contributed by atoms with E-state index in [1.54, 1.807) is 18.3 Å². The molecule has 2 heterocycles. The largest absolute Gasteiger partial charge is 0.277 e. The lowest BCUT2D eigenvalue weighted by molar-refractivity contribution is 0.0847. The molecule has 1 saturated heterocycles. The molecule has 0 atom stereocenters. The average Bonchev–Trinajstić information content (AvgIpc) is 3.43. The van der Waals surface area contributed by atoms with Crippen molar-refractivity contribution in [2.75, 3.05) is 13.1 Å². The van der Waals surface area contributed by atoms with Crippen LogP contribution in [0.25, 0.3) is 10.9 Å². The van der Waals surface area contributed by atoms with E-state index in [2.05, 4.69) is 21.0 Å². The molecule has 4 rings (SSSR count). The van der Waals surface area contributed by atoms with Crippen molar-refractivity contribution < 1.29 is 18.0 Å². The number of sulfonamides is 1. The molecule has 150 valence electrons. The number of hydrogen-bond acceptors (Lipinski definition) is 5. The van der Waals surface area contributed by atoms with Gasteiger partial charge in [-0.2, -0.15) is 9.40 Å². The van der Waals surface area contributed by atoms with E-state index in [-0.39, 0.29) is 10.5 Å². The molecule has 2 aromatic carbocycles. The maximum absolute atomic E-state index is 12.5. The van der Waals surface area contributed by atoms with Gasteiger partial charge in [-0.15, -0.1) is 0 Å². The summed E-state index contributed by atoms with van der Waals surface area (Å²) in [7, 11) is -3.54. The highest BCUT2D eigenvalue weighted by atomic mass is 32.2. The molecule has 0 radical (unpaired) electrons. The van der Waals surface area contributed by atoms with Crippen LogP contribution >= 0.6 is 0 Å². The molecule has 0 unspecified atom stereocenters. The van der Waals surface area contributed by atoms with Crippen molar-refractivity contribution in [2.45, 2.75) is 17.7 Å². The summed E-state index contributed by atoms with van der Waals surface area (Å²) in [6, 6.07) is 10.8. The summed E-state index contributed by atoms with van der Waals surface area (Å²) >= 11 is 0. The van der Waals surface area contributed by atoms with Crippen molar-refractivity contribution >= 4 is 32.7 Å². The number of fused-ring (bicyclic) bond motifs is 1. The van der Waals surface area contributed by atoms with Gasteiger partial charge in [-0.3, -0.25) is 25.5 Å². The van der Waals surface area contributed by atoms with E-state index in [9.17, 15) is 18.0 Å². The number of carbonyl (C=O) groups is 2. The van der Waals surface area contributed by atoms with E-state index in [4.69, 9.17) is 0 Å². The number of amides is 2. The third-order valence-electron chi connectivity index (χ3n) is 4.83. The van der Waals surface area contributed by atoms with Crippen molar-refractivity contribution in [2.24, 2.45) is 0 Å². The van der Waals surface area contributed by atoms with Crippen LogP contribution in [0.1, 0.15) is 33.6 Å². The molecular weight excluding hydrogens is 394 g/mol. The van der Waals surface area contributed by atoms with E-state index in [1.807, 2.05) is 6.07 Å². The van der Waals surface area contributed by atoms with Crippen molar-refractivity contribution in [3.63, 3.8) is 0 Å². The third-order valence-corrected chi connectivity index (χ3v) is 6.74. The van der Waals surface area contributed by atoms with Crippen LogP contribution < -0.4 is 10.9 Å². The van der Waals surface area contributed by atoms with Crippen LogP contribution in [-0.4, -0.2) is 47.8 Å². The topological polar surface area (TPSA) is 124 Å². The second kappa shape index (κ2) is 7.64. The monoisotopic (exact) mass is 413 g/mol. The van der Waals surface area contributed by atoms with Crippen LogP contribution in [0.3, 0.4) is 0 Å². The molecule has 1 aliphatic rings. The first-order valence-electron chi connectivity index (χ1n) is 9.10. The van der Waals surface area contributed by atoms with Gasteiger partial charge in [-0.1, -0.05) is 12.1 Å². The zero-order valence-corrected chi connectivity index (χ0v) is 16.2. The van der Waals surface area contributed by atoms with Gasteiger partial charge in [0.25, 0.3) is 11.8 Å². The van der Waals surface area contributed by atoms with Crippen LogP contribution in [0.5, 0.6) is 0 Å². The first-order valence-corrected chi connectivity index (χ1v) is 10.5. The molecule has 0 bridgehead atoms. The number of benzene rings is 2. The fraction of sp³-hybridized carbons (Fsp3) is 0.211. The van der Waals surface area contributed by atoms with Gasteiger partial charge in [-0.05, 0) is 43.2 Å². The molecule has 3 N–H and O–H groups in total. The number of H-pyrrole nitrogens is 1. The number of para-hydroxylation sites is 1. The number of rotatable bonds is 4. The standard InChI is InChI=1S/C19H19N5O4S/c25-18(22-23-19(26)16-5-3-4-14-12-20-21-17(14)16)13-6-8-15(9-7-13)29(27,28)24-10-1-2-11-24/h3-9,12H,1-2,10-11H2,(H,20,21)(H,22,25)(H,23,26). The molecule has 1 aromatic heterocycles. The highest BCUT2D eigenvalue weighted by molar-refractivity contribution is 7.89. The van der Waals surface area contributed by atoms with Crippen LogP contribution in [0.4, 0.5) is 0 Å². The lowest BCUT2D eigenvalue weighted by Gasteiger charge is -2.15. The van der Waals surface area contributed by atoms with Gasteiger partial charge in [0.15, 0.2) is 0 Å². The molecule has 3 aromatic rings. The first kappa shape index (κ1) is 19.1. The number of hydrogen-bond donors (Lipinski definition) is 3. The van der Waals surface area contributed by atoms with Gasteiger partial charge in [0, 0.05) is 24.0 Å². The van der Waals surface area contributed by atoms with Crippen LogP contribution in [-0.2, 0) is 10.0 Å². The van der Waals surface area contributed by atoms with Gasteiger partial charge in [0.2, 0.25) is 10.0 Å². The smallest absolute Gasteiger partial charge is 0.271 e. The second-order valence-corrected chi connectivity index (χ2v) is 8.62. The van der Waals surface area contributed by atoms with Gasteiger partial charge in [0.05, 0.1) is 22.2 Å². The Morgan fingerprint density at radius 2 is 1.66 bits per heavy atom. The van der Waals surface area contributed by atoms with Crippen molar-refractivity contribution in [1.29, 1.82) is 0 Å². The van der Waals surface area contributed by atoms with Crippen molar-refractivity contribution in [1.82, 2.24) is 25.4 Å². The van der Waals surface area contributed by atoms with E-state index in [0.717, 1.165) is 18.2 Å². The fourth-order valence-corrected chi connectivity index (χ4v) is 4.78. The molecule has 1 aliphatic heterocycles. The number of hydrazine groups is 1. The Balaban J connectivity index is 1.42. The molecule has 0 aliphatic carbocycles. The molecular formula is C19H19N5O4S. The summed E-state index contributed by atoms with van der Waals surface area (Å²) in [6.07, 6.45) is 3.31. The maximum atomic E-state index is 12.5. The third kappa shape index (κ3) is 3.71. The maximum Gasteiger partial charge on any atom is 0.271 e. The molecule has 2 amide bonds. The lowest BCUT2D eigenvalue weighted by atomic mass is 10.1. The van der Waals surface area contributed by atoms with Gasteiger partial charge in [0.1, 0.15) is 0 Å². The Hall–Kier alpha value is -3.24. The van der Waals surface area contributed by atoms with Crippen LogP contribution in [0.2, 0.25) is 0 Å². The molecule has 0 saturated carbocycles. The summed E-state index contributed by atoms with van der Waals surface area (Å²) < 4.78 is 26.5. The Bertz CT molecular complexity index is 1160. The molecule has 9 nitrogen and oxygen atoms in total. The molecule has 29 heavy (non-hydrogen) atoms. The van der Waals surface area contributed by atoms with Crippen LogP contribution in [0.15, 0.2) is 53.6 Å². The van der Waals surface area contributed by atoms with Gasteiger partial charge >= 0.3 is 0 Å². The molecule has 0 spiro atoms. The number of aromatic amines is 1. The average molecular weight is 413 g/mol. The quantitative estimate of drug-likeness (QED) is 0.558. The number of aromatic nitrogens is 2. The van der Waals surface area contributed by atoms with Gasteiger partial charge < -0.3 is 0 Å². The Kier molecular flexibility index (Phi) is 5.03. The minimum Gasteiger partial charge on any atom is -0.277 e. The Labute approximate surface area is 167 Å². The summed E-state index contributed by atoms with van der Waals surface area (Å²) in [5.74, 6) is -1.05. The van der Waals surface area contributed by atoms with Crippen molar-refractivity contribution in [3.8, 4) is 0 Å². The summed E-state index contributed by atoms with van der Waals surface area (Å²) in [6.45, 7) is 1.03. The number of carbonyl (C=O) groups excluding carboxylic acids is 2. The fourth-order valence-electron chi connectivity index (χ4n) is 3.27. The summed E-state index contributed by atoms with van der Waals surface area (Å²) in [4.78, 5) is 24.8. The van der Waals surface area contributed by atoms with E-state index in [0.29, 0.717) is 24.2 Å². The predicted molar refractivity (Wildman–Crippen MR) is 105 cm³/mol. The van der Waals surface area contributed by atoms with E-state index >= 15 is 0 Å². The zero-order valence-electron chi connectivity index (χ0n) is 15.4. The highest BCUT2D eigenvalue weighted by Crippen LogP contribution is 2.21. The highest BCUT2D eigenvalue weighted by Gasteiger charge is 2.27. The Morgan fingerprint density at radius 3 is 2.38 bits per heavy atom. The Morgan fingerprint density at radius 1 is 0.966 bits per heavy atom. The van der Waals surface area contributed by atoms with Gasteiger partial charge in [-0.25, -0.2) is 8.42 Å².